The predicted molar refractivity (Wildman–Crippen MR) is 77.0 cm³/mol. The molecule has 0 saturated carbocycles. The van der Waals surface area contributed by atoms with Crippen molar-refractivity contribution in [1.82, 2.24) is 4.98 Å². The molecule has 1 N–H and O–H groups in total. The van der Waals surface area contributed by atoms with E-state index in [1.165, 1.54) is 11.3 Å². The van der Waals surface area contributed by atoms with E-state index in [2.05, 4.69) is 4.98 Å². The Hall–Kier alpha value is -1.07. The monoisotopic (exact) mass is 313 g/mol. The Labute approximate surface area is 123 Å². The number of fused-ring (bicyclic) bond motifs is 1. The zero-order valence-electron chi connectivity index (χ0n) is 9.64. The summed E-state index contributed by atoms with van der Waals surface area (Å²) in [7, 11) is 0. The Morgan fingerprint density at radius 2 is 2.11 bits per heavy atom. The van der Waals surface area contributed by atoms with E-state index in [1.54, 1.807) is 6.07 Å². The number of halogens is 2. The van der Waals surface area contributed by atoms with Crippen LogP contribution in [0.5, 0.6) is 0 Å². The minimum atomic E-state index is -0.774. The van der Waals surface area contributed by atoms with E-state index >= 15 is 0 Å². The number of hydrogen-bond donors (Lipinski definition) is 1. The largest absolute Gasteiger partial charge is 0.441 e. The van der Waals surface area contributed by atoms with Crippen molar-refractivity contribution in [2.75, 3.05) is 0 Å². The first-order valence-corrected chi connectivity index (χ1v) is 7.18. The number of oxazole rings is 1. The molecule has 3 nitrogen and oxygen atoms in total. The van der Waals surface area contributed by atoms with Gasteiger partial charge in [0.2, 0.25) is 0 Å². The first-order chi connectivity index (χ1) is 9.13. The Morgan fingerprint density at radius 1 is 1.32 bits per heavy atom. The van der Waals surface area contributed by atoms with Gasteiger partial charge in [-0.1, -0.05) is 35.3 Å². The highest BCUT2D eigenvalue weighted by atomic mass is 35.5. The van der Waals surface area contributed by atoms with Gasteiger partial charge in [-0.25, -0.2) is 4.98 Å². The molecule has 0 radical (unpaired) electrons. The first kappa shape index (κ1) is 12.9. The van der Waals surface area contributed by atoms with Crippen LogP contribution in [-0.4, -0.2) is 10.1 Å². The van der Waals surface area contributed by atoms with Gasteiger partial charge in [0.05, 0.1) is 16.9 Å². The van der Waals surface area contributed by atoms with E-state index in [-0.39, 0.29) is 6.42 Å². The standard InChI is InChI=1S/C13H9Cl2NO2S/c14-11-5-7(13(15)19-11)9(17)6-12-16-8-3-1-2-4-10(8)18-12/h1-5,9,17H,6H2. The maximum Gasteiger partial charge on any atom is 0.198 e. The Morgan fingerprint density at radius 3 is 2.79 bits per heavy atom. The minimum absolute atomic E-state index is 0.265. The van der Waals surface area contributed by atoms with Crippen LogP contribution in [0.15, 0.2) is 34.7 Å². The van der Waals surface area contributed by atoms with Crippen LogP contribution >= 0.6 is 34.5 Å². The van der Waals surface area contributed by atoms with E-state index < -0.39 is 6.10 Å². The zero-order valence-corrected chi connectivity index (χ0v) is 12.0. The van der Waals surface area contributed by atoms with Crippen LogP contribution in [0.25, 0.3) is 11.1 Å². The summed E-state index contributed by atoms with van der Waals surface area (Å²) in [6.07, 6.45) is -0.508. The molecule has 0 aliphatic carbocycles. The number of hydrogen-bond acceptors (Lipinski definition) is 4. The molecule has 98 valence electrons. The van der Waals surface area contributed by atoms with Crippen molar-refractivity contribution in [2.45, 2.75) is 12.5 Å². The van der Waals surface area contributed by atoms with E-state index in [0.29, 0.717) is 25.7 Å². The number of nitrogens with zero attached hydrogens (tertiary/aromatic N) is 1. The van der Waals surface area contributed by atoms with Crippen molar-refractivity contribution < 1.29 is 9.52 Å². The predicted octanol–water partition coefficient (Wildman–Crippen LogP) is 4.47. The Kier molecular flexibility index (Phi) is 3.50. The average Bonchev–Trinajstić information content (AvgIpc) is 2.91. The zero-order chi connectivity index (χ0) is 13.4. The highest BCUT2D eigenvalue weighted by molar-refractivity contribution is 7.20. The summed E-state index contributed by atoms with van der Waals surface area (Å²) >= 11 is 13.1. The fourth-order valence-corrected chi connectivity index (χ4v) is 3.43. The van der Waals surface area contributed by atoms with Gasteiger partial charge < -0.3 is 9.52 Å². The molecular formula is C13H9Cl2NO2S. The Bertz CT molecular complexity index is 689. The van der Waals surface area contributed by atoms with Crippen LogP contribution in [-0.2, 0) is 6.42 Å². The fraction of sp³-hybridized carbons (Fsp3) is 0.154. The maximum atomic E-state index is 10.2. The third-order valence-corrected chi connectivity index (χ3v) is 4.27. The molecule has 0 saturated heterocycles. The molecule has 0 fully saturated rings. The van der Waals surface area contributed by atoms with Crippen molar-refractivity contribution in [1.29, 1.82) is 0 Å². The molecule has 2 aromatic heterocycles. The molecule has 2 heterocycles. The second kappa shape index (κ2) is 5.13. The van der Waals surface area contributed by atoms with E-state index in [1.807, 2.05) is 24.3 Å². The number of thiophene rings is 1. The topological polar surface area (TPSA) is 46.3 Å². The highest BCUT2D eigenvalue weighted by Crippen LogP contribution is 2.36. The van der Waals surface area contributed by atoms with Gasteiger partial charge in [0, 0.05) is 5.56 Å². The normalized spacial score (nSPS) is 13.0. The lowest BCUT2D eigenvalue weighted by Crippen LogP contribution is -2.01. The van der Waals surface area contributed by atoms with Crippen molar-refractivity contribution in [3.63, 3.8) is 0 Å². The number of benzene rings is 1. The van der Waals surface area contributed by atoms with Gasteiger partial charge >= 0.3 is 0 Å². The molecule has 0 aliphatic heterocycles. The molecule has 0 spiro atoms. The molecular weight excluding hydrogens is 305 g/mol. The van der Waals surface area contributed by atoms with Crippen molar-refractivity contribution in [3.05, 3.63) is 50.5 Å². The molecule has 3 rings (SSSR count). The summed E-state index contributed by atoms with van der Waals surface area (Å²) in [5, 5.41) is 10.2. The molecule has 6 heteroatoms. The number of aliphatic hydroxyl groups excluding tert-OH is 1. The molecule has 0 aliphatic rings. The third kappa shape index (κ3) is 2.62. The molecule has 1 atom stereocenters. The molecule has 19 heavy (non-hydrogen) atoms. The fourth-order valence-electron chi connectivity index (χ4n) is 1.86. The summed E-state index contributed by atoms with van der Waals surface area (Å²) in [6.45, 7) is 0. The van der Waals surface area contributed by atoms with Crippen LogP contribution in [0.4, 0.5) is 0 Å². The second-order valence-corrected chi connectivity index (χ2v) is 6.36. The van der Waals surface area contributed by atoms with Crippen molar-refractivity contribution in [3.8, 4) is 0 Å². The Balaban J connectivity index is 1.86. The van der Waals surface area contributed by atoms with Crippen molar-refractivity contribution >= 4 is 45.6 Å². The molecule has 0 bridgehead atoms. The lowest BCUT2D eigenvalue weighted by atomic mass is 10.1. The number of rotatable bonds is 3. The summed E-state index contributed by atoms with van der Waals surface area (Å²) in [5.41, 5.74) is 2.09. The van der Waals surface area contributed by atoms with E-state index in [4.69, 9.17) is 27.6 Å². The summed E-state index contributed by atoms with van der Waals surface area (Å²) < 4.78 is 6.61. The SMILES string of the molecule is OC(Cc1nc2ccccc2o1)c1cc(Cl)sc1Cl. The highest BCUT2D eigenvalue weighted by Gasteiger charge is 2.18. The third-order valence-electron chi connectivity index (χ3n) is 2.75. The van der Waals surface area contributed by atoms with Gasteiger partial charge in [0.25, 0.3) is 0 Å². The van der Waals surface area contributed by atoms with Crippen LogP contribution in [0.2, 0.25) is 8.67 Å². The summed E-state index contributed by atoms with van der Waals surface area (Å²) in [5.74, 6) is 0.479. The van der Waals surface area contributed by atoms with Gasteiger partial charge in [0.15, 0.2) is 11.5 Å². The van der Waals surface area contributed by atoms with E-state index in [9.17, 15) is 5.11 Å². The van der Waals surface area contributed by atoms with Crippen LogP contribution in [0, 0.1) is 0 Å². The molecule has 0 amide bonds. The molecule has 3 aromatic rings. The summed E-state index contributed by atoms with van der Waals surface area (Å²) in [6, 6.07) is 9.14. The number of aliphatic hydroxyl groups is 1. The van der Waals surface area contributed by atoms with Gasteiger partial charge in [-0.3, -0.25) is 0 Å². The maximum absolute atomic E-state index is 10.2. The smallest absolute Gasteiger partial charge is 0.198 e. The van der Waals surface area contributed by atoms with E-state index in [0.717, 1.165) is 5.52 Å². The summed E-state index contributed by atoms with van der Waals surface area (Å²) in [4.78, 5) is 4.32. The van der Waals surface area contributed by atoms with Crippen LogP contribution in [0.1, 0.15) is 17.6 Å². The lowest BCUT2D eigenvalue weighted by Gasteiger charge is -2.06. The molecule has 1 unspecified atom stereocenters. The van der Waals surface area contributed by atoms with Gasteiger partial charge in [-0.15, -0.1) is 11.3 Å². The van der Waals surface area contributed by atoms with Gasteiger partial charge in [0.1, 0.15) is 9.85 Å². The van der Waals surface area contributed by atoms with Crippen LogP contribution < -0.4 is 0 Å². The molecule has 1 aromatic carbocycles. The number of para-hydroxylation sites is 2. The van der Waals surface area contributed by atoms with Gasteiger partial charge in [-0.2, -0.15) is 0 Å². The lowest BCUT2D eigenvalue weighted by molar-refractivity contribution is 0.170. The van der Waals surface area contributed by atoms with Crippen molar-refractivity contribution in [2.24, 2.45) is 0 Å². The average molecular weight is 314 g/mol. The quantitative estimate of drug-likeness (QED) is 0.775. The number of aromatic nitrogens is 1. The second-order valence-electron chi connectivity index (χ2n) is 4.07. The van der Waals surface area contributed by atoms with Crippen LogP contribution in [0.3, 0.4) is 0 Å². The first-order valence-electron chi connectivity index (χ1n) is 5.61. The van der Waals surface area contributed by atoms with Gasteiger partial charge in [-0.05, 0) is 18.2 Å². The minimum Gasteiger partial charge on any atom is -0.441 e.